The summed E-state index contributed by atoms with van der Waals surface area (Å²) in [6.45, 7) is 4.08. The Morgan fingerprint density at radius 1 is 1.38 bits per heavy atom. The maximum absolute atomic E-state index is 10.6. The van der Waals surface area contributed by atoms with Crippen LogP contribution in [0, 0.1) is 0 Å². The molecule has 4 nitrogen and oxygen atoms in total. The van der Waals surface area contributed by atoms with Gasteiger partial charge in [-0.1, -0.05) is 13.8 Å². The summed E-state index contributed by atoms with van der Waals surface area (Å²) < 4.78 is 1.83. The molecule has 0 bridgehead atoms. The quantitative estimate of drug-likeness (QED) is 0.764. The van der Waals surface area contributed by atoms with Crippen LogP contribution in [0.4, 0.5) is 0 Å². The zero-order valence-electron chi connectivity index (χ0n) is 9.30. The molecule has 0 amide bonds. The van der Waals surface area contributed by atoms with Crippen LogP contribution in [0.3, 0.4) is 0 Å². The average molecular weight is 235 g/mol. The first-order chi connectivity index (χ1) is 7.78. The van der Waals surface area contributed by atoms with Gasteiger partial charge in [-0.25, -0.2) is 9.67 Å². The number of nitrogens with zero attached hydrogens (tertiary/aromatic N) is 3. The molecule has 0 aliphatic heterocycles. The van der Waals surface area contributed by atoms with Crippen molar-refractivity contribution in [3.05, 3.63) is 28.7 Å². The van der Waals surface area contributed by atoms with Crippen LogP contribution in [-0.2, 0) is 12.8 Å². The minimum Gasteiger partial charge on any atom is -0.297 e. The number of carbonyl (C=O) groups is 1. The molecule has 0 aliphatic carbocycles. The summed E-state index contributed by atoms with van der Waals surface area (Å²) in [4.78, 5) is 15.8. The minimum absolute atomic E-state index is 0.714. The van der Waals surface area contributed by atoms with Crippen LogP contribution in [0.15, 0.2) is 12.1 Å². The highest BCUT2D eigenvalue weighted by Crippen LogP contribution is 2.20. The molecule has 16 heavy (non-hydrogen) atoms. The summed E-state index contributed by atoms with van der Waals surface area (Å²) >= 11 is 1.43. The van der Waals surface area contributed by atoms with Gasteiger partial charge < -0.3 is 0 Å². The normalized spacial score (nSPS) is 10.6. The number of hydrogen-bond donors (Lipinski definition) is 0. The van der Waals surface area contributed by atoms with E-state index in [0.717, 1.165) is 35.8 Å². The lowest BCUT2D eigenvalue weighted by Crippen LogP contribution is -1.99. The molecule has 0 fully saturated rings. The van der Waals surface area contributed by atoms with Gasteiger partial charge in [0.05, 0.1) is 4.88 Å². The third-order valence-corrected chi connectivity index (χ3v) is 3.27. The van der Waals surface area contributed by atoms with E-state index in [1.807, 2.05) is 24.6 Å². The number of carbonyl (C=O) groups excluding carboxylic acids is 1. The molecule has 2 rings (SSSR count). The maximum Gasteiger partial charge on any atom is 0.160 e. The summed E-state index contributed by atoms with van der Waals surface area (Å²) in [6.07, 6.45) is 2.52. The van der Waals surface area contributed by atoms with Gasteiger partial charge in [-0.3, -0.25) is 4.79 Å². The summed E-state index contributed by atoms with van der Waals surface area (Å²) in [5.41, 5.74) is 0. The fraction of sp³-hybridized carbons (Fsp3) is 0.364. The molecule has 0 saturated carbocycles. The van der Waals surface area contributed by atoms with E-state index in [1.54, 1.807) is 6.07 Å². The van der Waals surface area contributed by atoms with Gasteiger partial charge >= 0.3 is 0 Å². The van der Waals surface area contributed by atoms with Gasteiger partial charge in [0, 0.05) is 12.8 Å². The number of thiophene rings is 1. The average Bonchev–Trinajstić information content (AvgIpc) is 2.94. The molecule has 5 heteroatoms. The molecular weight excluding hydrogens is 222 g/mol. The lowest BCUT2D eigenvalue weighted by molar-refractivity contribution is 0.112. The molecule has 0 spiro atoms. The molecule has 0 N–H and O–H groups in total. The third-order valence-electron chi connectivity index (χ3n) is 2.29. The number of aryl methyl sites for hydroxylation is 2. The van der Waals surface area contributed by atoms with Crippen molar-refractivity contribution < 1.29 is 4.79 Å². The smallest absolute Gasteiger partial charge is 0.160 e. The van der Waals surface area contributed by atoms with Crippen molar-refractivity contribution >= 4 is 17.6 Å². The highest BCUT2D eigenvalue weighted by molar-refractivity contribution is 7.16. The van der Waals surface area contributed by atoms with Crippen LogP contribution < -0.4 is 0 Å². The Kier molecular flexibility index (Phi) is 3.14. The van der Waals surface area contributed by atoms with Gasteiger partial charge in [-0.05, 0) is 12.1 Å². The zero-order chi connectivity index (χ0) is 11.5. The number of rotatable bonds is 4. The summed E-state index contributed by atoms with van der Waals surface area (Å²) in [7, 11) is 0. The summed E-state index contributed by atoms with van der Waals surface area (Å²) in [5, 5.41) is 5.37. The van der Waals surface area contributed by atoms with E-state index in [2.05, 4.69) is 10.1 Å². The van der Waals surface area contributed by atoms with E-state index in [1.165, 1.54) is 11.3 Å². The fourth-order valence-corrected chi connectivity index (χ4v) is 2.26. The Morgan fingerprint density at radius 2 is 2.19 bits per heavy atom. The second-order valence-electron chi connectivity index (χ2n) is 3.36. The molecule has 0 aliphatic rings. The first kappa shape index (κ1) is 11.0. The van der Waals surface area contributed by atoms with E-state index in [0.29, 0.717) is 4.88 Å². The lowest BCUT2D eigenvalue weighted by atomic mass is 10.4. The van der Waals surface area contributed by atoms with Gasteiger partial charge in [0.1, 0.15) is 10.8 Å². The first-order valence-corrected chi connectivity index (χ1v) is 6.10. The van der Waals surface area contributed by atoms with E-state index < -0.39 is 0 Å². The van der Waals surface area contributed by atoms with Crippen molar-refractivity contribution in [3.8, 4) is 5.00 Å². The van der Waals surface area contributed by atoms with Crippen molar-refractivity contribution in [2.24, 2.45) is 0 Å². The predicted molar refractivity (Wildman–Crippen MR) is 63.4 cm³/mol. The van der Waals surface area contributed by atoms with Gasteiger partial charge in [0.15, 0.2) is 12.1 Å². The lowest BCUT2D eigenvalue weighted by Gasteiger charge is -1.98. The largest absolute Gasteiger partial charge is 0.297 e. The monoisotopic (exact) mass is 235 g/mol. The highest BCUT2D eigenvalue weighted by Gasteiger charge is 2.10. The van der Waals surface area contributed by atoms with Gasteiger partial charge in [-0.15, -0.1) is 11.3 Å². The Labute approximate surface area is 97.9 Å². The second kappa shape index (κ2) is 4.57. The standard InChI is InChI=1S/C11H13N3OS/c1-3-9-12-10(4-2)14(13-9)11-6-5-8(7-15)16-11/h5-7H,3-4H2,1-2H3. The molecular formula is C11H13N3OS. The van der Waals surface area contributed by atoms with Crippen molar-refractivity contribution in [1.82, 2.24) is 14.8 Å². The van der Waals surface area contributed by atoms with Gasteiger partial charge in [-0.2, -0.15) is 5.10 Å². The van der Waals surface area contributed by atoms with Crippen LogP contribution in [0.5, 0.6) is 0 Å². The van der Waals surface area contributed by atoms with E-state index in [4.69, 9.17) is 0 Å². The number of hydrogen-bond acceptors (Lipinski definition) is 4. The first-order valence-electron chi connectivity index (χ1n) is 5.28. The van der Waals surface area contributed by atoms with Gasteiger partial charge in [0.2, 0.25) is 0 Å². The molecule has 84 valence electrons. The van der Waals surface area contributed by atoms with Crippen LogP contribution in [0.2, 0.25) is 0 Å². The van der Waals surface area contributed by atoms with Crippen molar-refractivity contribution in [2.45, 2.75) is 26.7 Å². The summed E-state index contributed by atoms with van der Waals surface area (Å²) in [5.74, 6) is 1.79. The Morgan fingerprint density at radius 3 is 2.75 bits per heavy atom. The maximum atomic E-state index is 10.6. The van der Waals surface area contributed by atoms with Crippen molar-refractivity contribution in [1.29, 1.82) is 0 Å². The van der Waals surface area contributed by atoms with Gasteiger partial charge in [0.25, 0.3) is 0 Å². The third kappa shape index (κ3) is 1.90. The van der Waals surface area contributed by atoms with Crippen molar-refractivity contribution in [2.75, 3.05) is 0 Å². The topological polar surface area (TPSA) is 47.8 Å². The molecule has 0 atom stereocenters. The molecule has 2 aromatic heterocycles. The van der Waals surface area contributed by atoms with Crippen LogP contribution in [-0.4, -0.2) is 21.1 Å². The van der Waals surface area contributed by atoms with E-state index in [-0.39, 0.29) is 0 Å². The Bertz CT molecular complexity index is 501. The number of aldehydes is 1. The second-order valence-corrected chi connectivity index (χ2v) is 4.45. The predicted octanol–water partition coefficient (Wildman–Crippen LogP) is 2.27. The Balaban J connectivity index is 2.45. The molecule has 0 unspecified atom stereocenters. The molecule has 0 saturated heterocycles. The molecule has 2 aromatic rings. The number of aromatic nitrogens is 3. The Hall–Kier alpha value is -1.49. The molecule has 0 radical (unpaired) electrons. The molecule has 0 aromatic carbocycles. The van der Waals surface area contributed by atoms with Crippen molar-refractivity contribution in [3.63, 3.8) is 0 Å². The zero-order valence-corrected chi connectivity index (χ0v) is 10.1. The van der Waals surface area contributed by atoms with E-state index >= 15 is 0 Å². The minimum atomic E-state index is 0.714. The molecule has 2 heterocycles. The highest BCUT2D eigenvalue weighted by atomic mass is 32.1. The van der Waals surface area contributed by atoms with Crippen LogP contribution in [0.1, 0.15) is 35.2 Å². The SMILES string of the molecule is CCc1nc(CC)n(-c2ccc(C=O)s2)n1. The fourth-order valence-electron chi connectivity index (χ4n) is 1.47. The van der Waals surface area contributed by atoms with Crippen LogP contribution in [0.25, 0.3) is 5.00 Å². The van der Waals surface area contributed by atoms with E-state index in [9.17, 15) is 4.79 Å². The summed E-state index contributed by atoms with van der Waals surface area (Å²) in [6, 6.07) is 3.71. The van der Waals surface area contributed by atoms with Crippen LogP contribution >= 0.6 is 11.3 Å².